The molecule has 0 aliphatic carbocycles. The zero-order valence-corrected chi connectivity index (χ0v) is 19.9. The molecular formula is C23H26N4O5S. The predicted octanol–water partition coefficient (Wildman–Crippen LogP) is 5.28. The van der Waals surface area contributed by atoms with Gasteiger partial charge in [-0.2, -0.15) is 4.98 Å². The third kappa shape index (κ3) is 6.98. The first-order valence-electron chi connectivity index (χ1n) is 10.1. The van der Waals surface area contributed by atoms with E-state index in [-0.39, 0.29) is 5.91 Å². The Labute approximate surface area is 196 Å². The van der Waals surface area contributed by atoms with Crippen molar-refractivity contribution in [1.29, 1.82) is 0 Å². The molecule has 10 heteroatoms. The fourth-order valence-corrected chi connectivity index (χ4v) is 3.70. The van der Waals surface area contributed by atoms with Crippen molar-refractivity contribution in [1.82, 2.24) is 10.1 Å². The highest BCUT2D eigenvalue weighted by Gasteiger charge is 2.19. The van der Waals surface area contributed by atoms with Crippen molar-refractivity contribution in [2.45, 2.75) is 43.9 Å². The van der Waals surface area contributed by atoms with Crippen LogP contribution < -0.4 is 15.4 Å². The number of aromatic nitrogens is 2. The van der Waals surface area contributed by atoms with Crippen molar-refractivity contribution in [2.75, 3.05) is 17.7 Å². The van der Waals surface area contributed by atoms with Crippen LogP contribution in [-0.2, 0) is 10.5 Å². The maximum absolute atomic E-state index is 13.0. The van der Waals surface area contributed by atoms with Gasteiger partial charge in [-0.25, -0.2) is 4.79 Å². The van der Waals surface area contributed by atoms with Gasteiger partial charge in [-0.15, -0.1) is 11.8 Å². The van der Waals surface area contributed by atoms with Gasteiger partial charge in [-0.1, -0.05) is 17.3 Å². The standard InChI is InChI=1S/C23H26N4O5S/c1-14-24-20(32-27-14)13-33-19-9-7-6-8-16(19)21(28)25-15-10-11-18(30-5)17(12-15)26-22(29)31-23(2,3)4/h6-12H,13H2,1-5H3,(H,25,28)(H,26,29). The first kappa shape index (κ1) is 24.1. The normalized spacial score (nSPS) is 11.1. The molecule has 3 aromatic rings. The number of benzene rings is 2. The molecule has 0 spiro atoms. The Balaban J connectivity index is 1.74. The van der Waals surface area contributed by atoms with Crippen LogP contribution in [-0.4, -0.2) is 34.9 Å². The molecule has 0 aliphatic rings. The number of anilines is 2. The number of rotatable bonds is 7. The van der Waals surface area contributed by atoms with Gasteiger partial charge >= 0.3 is 6.09 Å². The number of thioether (sulfide) groups is 1. The highest BCUT2D eigenvalue weighted by Crippen LogP contribution is 2.30. The van der Waals surface area contributed by atoms with E-state index >= 15 is 0 Å². The van der Waals surface area contributed by atoms with Crippen molar-refractivity contribution < 1.29 is 23.6 Å². The summed E-state index contributed by atoms with van der Waals surface area (Å²) in [6, 6.07) is 12.2. The Morgan fingerprint density at radius 3 is 2.55 bits per heavy atom. The molecular weight excluding hydrogens is 444 g/mol. The van der Waals surface area contributed by atoms with Gasteiger partial charge in [-0.05, 0) is 58.0 Å². The van der Waals surface area contributed by atoms with E-state index in [4.69, 9.17) is 14.0 Å². The van der Waals surface area contributed by atoms with Crippen LogP contribution in [0.5, 0.6) is 5.75 Å². The lowest BCUT2D eigenvalue weighted by Gasteiger charge is -2.20. The number of carbonyl (C=O) groups excluding carboxylic acids is 2. The maximum atomic E-state index is 13.0. The molecule has 0 unspecified atom stereocenters. The van der Waals surface area contributed by atoms with Gasteiger partial charge in [0.1, 0.15) is 11.4 Å². The van der Waals surface area contributed by atoms with Crippen LogP contribution in [0, 0.1) is 6.92 Å². The summed E-state index contributed by atoms with van der Waals surface area (Å²) in [6.45, 7) is 7.07. The first-order valence-corrected chi connectivity index (χ1v) is 11.1. The second-order valence-corrected chi connectivity index (χ2v) is 9.03. The van der Waals surface area contributed by atoms with Crippen LogP contribution in [0.3, 0.4) is 0 Å². The topological polar surface area (TPSA) is 116 Å². The van der Waals surface area contributed by atoms with Gasteiger partial charge in [-0.3, -0.25) is 10.1 Å². The van der Waals surface area contributed by atoms with Crippen LogP contribution in [0.4, 0.5) is 16.2 Å². The van der Waals surface area contributed by atoms with Crippen molar-refractivity contribution in [3.05, 3.63) is 59.7 Å². The Morgan fingerprint density at radius 2 is 1.88 bits per heavy atom. The average molecular weight is 471 g/mol. The SMILES string of the molecule is COc1ccc(NC(=O)c2ccccc2SCc2nc(C)no2)cc1NC(=O)OC(C)(C)C. The lowest BCUT2D eigenvalue weighted by molar-refractivity contribution is 0.0635. The van der Waals surface area contributed by atoms with Crippen LogP contribution in [0.1, 0.15) is 42.8 Å². The summed E-state index contributed by atoms with van der Waals surface area (Å²) >= 11 is 1.42. The van der Waals surface area contributed by atoms with E-state index in [0.717, 1.165) is 4.90 Å². The smallest absolute Gasteiger partial charge is 0.412 e. The molecule has 0 saturated carbocycles. The van der Waals surface area contributed by atoms with E-state index in [9.17, 15) is 9.59 Å². The van der Waals surface area contributed by atoms with Crippen molar-refractivity contribution in [3.63, 3.8) is 0 Å². The minimum atomic E-state index is -0.648. The molecule has 174 valence electrons. The van der Waals surface area contributed by atoms with E-state index in [1.165, 1.54) is 18.9 Å². The van der Waals surface area contributed by atoms with Gasteiger partial charge in [0.25, 0.3) is 5.91 Å². The van der Waals surface area contributed by atoms with E-state index in [1.807, 2.05) is 12.1 Å². The summed E-state index contributed by atoms with van der Waals surface area (Å²) in [7, 11) is 1.49. The average Bonchev–Trinajstić information content (AvgIpc) is 3.16. The third-order valence-electron chi connectivity index (χ3n) is 4.15. The molecule has 2 N–H and O–H groups in total. The summed E-state index contributed by atoms with van der Waals surface area (Å²) in [4.78, 5) is 30.2. The minimum Gasteiger partial charge on any atom is -0.495 e. The second kappa shape index (κ2) is 10.4. The minimum absolute atomic E-state index is 0.298. The van der Waals surface area contributed by atoms with Gasteiger partial charge in [0.05, 0.1) is 24.1 Å². The molecule has 0 fully saturated rings. The fourth-order valence-electron chi connectivity index (χ4n) is 2.81. The van der Waals surface area contributed by atoms with Crippen LogP contribution in [0.15, 0.2) is 51.9 Å². The number of nitrogens with one attached hydrogen (secondary N) is 2. The lowest BCUT2D eigenvalue weighted by atomic mass is 10.2. The highest BCUT2D eigenvalue weighted by atomic mass is 32.2. The highest BCUT2D eigenvalue weighted by molar-refractivity contribution is 7.98. The number of amides is 2. The molecule has 2 aromatic carbocycles. The molecule has 9 nitrogen and oxygen atoms in total. The summed E-state index contributed by atoms with van der Waals surface area (Å²) in [5, 5.41) is 9.30. The summed E-state index contributed by atoms with van der Waals surface area (Å²) < 4.78 is 15.7. The zero-order chi connectivity index (χ0) is 24.0. The zero-order valence-electron chi connectivity index (χ0n) is 19.1. The molecule has 3 rings (SSSR count). The van der Waals surface area contributed by atoms with E-state index in [0.29, 0.717) is 40.2 Å². The Bertz CT molecular complexity index is 1140. The largest absolute Gasteiger partial charge is 0.495 e. The summed E-state index contributed by atoms with van der Waals surface area (Å²) in [5.41, 5.74) is 0.708. The number of ether oxygens (including phenoxy) is 2. The number of carbonyl (C=O) groups is 2. The van der Waals surface area contributed by atoms with Crippen LogP contribution >= 0.6 is 11.8 Å². The third-order valence-corrected chi connectivity index (χ3v) is 5.20. The number of aryl methyl sites for hydroxylation is 1. The molecule has 0 bridgehead atoms. The van der Waals surface area contributed by atoms with Crippen molar-refractivity contribution in [3.8, 4) is 5.75 Å². The summed E-state index contributed by atoms with van der Waals surface area (Å²) in [6.07, 6.45) is -0.623. The van der Waals surface area contributed by atoms with E-state index in [1.54, 1.807) is 58.0 Å². The molecule has 1 heterocycles. The number of methoxy groups -OCH3 is 1. The van der Waals surface area contributed by atoms with Gasteiger partial charge in [0.15, 0.2) is 5.82 Å². The Kier molecular flexibility index (Phi) is 7.59. The van der Waals surface area contributed by atoms with Crippen molar-refractivity contribution >= 4 is 35.1 Å². The van der Waals surface area contributed by atoms with E-state index < -0.39 is 11.7 Å². The van der Waals surface area contributed by atoms with Crippen LogP contribution in [0.2, 0.25) is 0 Å². The molecule has 1 aromatic heterocycles. The van der Waals surface area contributed by atoms with Gasteiger partial charge in [0.2, 0.25) is 5.89 Å². The first-order chi connectivity index (χ1) is 15.6. The molecule has 0 saturated heterocycles. The quantitative estimate of drug-likeness (QED) is 0.448. The van der Waals surface area contributed by atoms with Crippen molar-refractivity contribution in [2.24, 2.45) is 0 Å². The number of nitrogens with zero attached hydrogens (tertiary/aromatic N) is 2. The molecule has 33 heavy (non-hydrogen) atoms. The molecule has 0 aliphatic heterocycles. The van der Waals surface area contributed by atoms with Gasteiger partial charge < -0.3 is 19.3 Å². The molecule has 0 radical (unpaired) electrons. The maximum Gasteiger partial charge on any atom is 0.412 e. The lowest BCUT2D eigenvalue weighted by Crippen LogP contribution is -2.27. The van der Waals surface area contributed by atoms with E-state index in [2.05, 4.69) is 20.8 Å². The molecule has 0 atom stereocenters. The fraction of sp³-hybridized carbons (Fsp3) is 0.304. The predicted molar refractivity (Wildman–Crippen MR) is 126 cm³/mol. The summed E-state index contributed by atoms with van der Waals surface area (Å²) in [5.74, 6) is 1.63. The Hall–Kier alpha value is -3.53. The monoisotopic (exact) mass is 470 g/mol. The Morgan fingerprint density at radius 1 is 1.12 bits per heavy atom. The van der Waals surface area contributed by atoms with Crippen LogP contribution in [0.25, 0.3) is 0 Å². The number of hydrogen-bond acceptors (Lipinski definition) is 8. The number of hydrogen-bond donors (Lipinski definition) is 2. The molecule has 2 amide bonds. The second-order valence-electron chi connectivity index (χ2n) is 8.02. The van der Waals surface area contributed by atoms with Gasteiger partial charge in [0, 0.05) is 10.6 Å².